The highest BCUT2D eigenvalue weighted by Gasteiger charge is 2.22. The summed E-state index contributed by atoms with van der Waals surface area (Å²) >= 11 is 1.39. The van der Waals surface area contributed by atoms with Crippen LogP contribution >= 0.6 is 11.3 Å². The quantitative estimate of drug-likeness (QED) is 0.522. The third kappa shape index (κ3) is 5.33. The van der Waals surface area contributed by atoms with Gasteiger partial charge in [0.05, 0.1) is 5.56 Å². The summed E-state index contributed by atoms with van der Waals surface area (Å²) in [6, 6.07) is 15.1. The molecule has 0 unspecified atom stereocenters. The Morgan fingerprint density at radius 2 is 1.45 bits per heavy atom. The van der Waals surface area contributed by atoms with Crippen LogP contribution in [0.2, 0.25) is 0 Å². The Bertz CT molecular complexity index is 1000. The molecule has 0 radical (unpaired) electrons. The van der Waals surface area contributed by atoms with Crippen molar-refractivity contribution in [3.05, 3.63) is 81.7 Å². The van der Waals surface area contributed by atoms with Gasteiger partial charge in [-0.05, 0) is 61.4 Å². The molecule has 0 aliphatic rings. The van der Waals surface area contributed by atoms with Crippen LogP contribution in [0.25, 0.3) is 0 Å². The molecular weight excluding hydrogens is 380 g/mol. The normalized spacial score (nSPS) is 10.8. The topological polar surface area (TPSA) is 58.2 Å². The number of anilines is 2. The van der Waals surface area contributed by atoms with E-state index in [0.717, 1.165) is 28.8 Å². The van der Waals surface area contributed by atoms with Gasteiger partial charge in [0.15, 0.2) is 0 Å². The van der Waals surface area contributed by atoms with E-state index in [1.807, 2.05) is 55.6 Å². The van der Waals surface area contributed by atoms with Crippen LogP contribution in [0.15, 0.2) is 53.9 Å². The Morgan fingerprint density at radius 1 is 0.862 bits per heavy atom. The molecule has 0 aliphatic carbocycles. The highest BCUT2D eigenvalue weighted by atomic mass is 32.1. The number of thiophene rings is 1. The van der Waals surface area contributed by atoms with Crippen molar-refractivity contribution in [3.8, 4) is 0 Å². The van der Waals surface area contributed by atoms with E-state index < -0.39 is 0 Å². The van der Waals surface area contributed by atoms with E-state index in [1.54, 1.807) is 12.1 Å². The van der Waals surface area contributed by atoms with Gasteiger partial charge in [-0.2, -0.15) is 0 Å². The smallest absolute Gasteiger partial charge is 0.258 e. The lowest BCUT2D eigenvalue weighted by Gasteiger charge is -2.11. The van der Waals surface area contributed by atoms with Crippen molar-refractivity contribution in [1.29, 1.82) is 0 Å². The minimum absolute atomic E-state index is 0.204. The SMILES string of the molecule is Cc1ccc(NC(=O)c2c(CC(C)C)csc2NC(=O)c2ccc(C)cc2)cc1. The summed E-state index contributed by atoms with van der Waals surface area (Å²) in [6.07, 6.45) is 0.771. The van der Waals surface area contributed by atoms with Crippen LogP contribution in [0, 0.1) is 19.8 Å². The number of rotatable bonds is 6. The summed E-state index contributed by atoms with van der Waals surface area (Å²) in [7, 11) is 0. The van der Waals surface area contributed by atoms with Crippen molar-refractivity contribution in [2.75, 3.05) is 10.6 Å². The molecule has 2 aromatic carbocycles. The molecule has 0 saturated carbocycles. The molecule has 2 amide bonds. The molecule has 0 fully saturated rings. The second-order valence-electron chi connectivity index (χ2n) is 7.70. The number of benzene rings is 2. The molecule has 0 bridgehead atoms. The molecule has 3 rings (SSSR count). The molecule has 0 atom stereocenters. The van der Waals surface area contributed by atoms with Crippen molar-refractivity contribution in [1.82, 2.24) is 0 Å². The number of carbonyl (C=O) groups is 2. The number of hydrogen-bond acceptors (Lipinski definition) is 3. The predicted octanol–water partition coefficient (Wildman–Crippen LogP) is 6.07. The highest BCUT2D eigenvalue weighted by molar-refractivity contribution is 7.15. The van der Waals surface area contributed by atoms with E-state index >= 15 is 0 Å². The van der Waals surface area contributed by atoms with E-state index in [1.165, 1.54) is 11.3 Å². The lowest BCUT2D eigenvalue weighted by molar-refractivity contribution is 0.102. The van der Waals surface area contributed by atoms with E-state index in [4.69, 9.17) is 0 Å². The van der Waals surface area contributed by atoms with Gasteiger partial charge in [0.1, 0.15) is 5.00 Å². The van der Waals surface area contributed by atoms with Crippen molar-refractivity contribution in [2.24, 2.45) is 5.92 Å². The van der Waals surface area contributed by atoms with Crippen molar-refractivity contribution in [3.63, 3.8) is 0 Å². The lowest BCUT2D eigenvalue weighted by Crippen LogP contribution is -2.18. The summed E-state index contributed by atoms with van der Waals surface area (Å²) in [5, 5.41) is 8.44. The number of hydrogen-bond donors (Lipinski definition) is 2. The van der Waals surface area contributed by atoms with E-state index in [9.17, 15) is 9.59 Å². The summed E-state index contributed by atoms with van der Waals surface area (Å²) in [5.41, 5.74) is 5.02. The maximum absolute atomic E-state index is 13.1. The van der Waals surface area contributed by atoms with Gasteiger partial charge in [0.2, 0.25) is 0 Å². The lowest BCUT2D eigenvalue weighted by atomic mass is 10.0. The fourth-order valence-electron chi connectivity index (χ4n) is 3.04. The molecule has 5 heteroatoms. The molecule has 0 saturated heterocycles. The molecule has 4 nitrogen and oxygen atoms in total. The number of nitrogens with one attached hydrogen (secondary N) is 2. The predicted molar refractivity (Wildman–Crippen MR) is 121 cm³/mol. The van der Waals surface area contributed by atoms with Crippen molar-refractivity contribution < 1.29 is 9.59 Å². The maximum atomic E-state index is 13.1. The molecule has 1 heterocycles. The first-order valence-corrected chi connectivity index (χ1v) is 10.6. The Labute approximate surface area is 176 Å². The largest absolute Gasteiger partial charge is 0.322 e. The summed E-state index contributed by atoms with van der Waals surface area (Å²) in [6.45, 7) is 8.21. The number of carbonyl (C=O) groups excluding carboxylic acids is 2. The Morgan fingerprint density at radius 3 is 2.03 bits per heavy atom. The van der Waals surface area contributed by atoms with Crippen LogP contribution in [0.1, 0.15) is 51.3 Å². The molecule has 1 aromatic heterocycles. The molecule has 3 aromatic rings. The first-order valence-electron chi connectivity index (χ1n) is 9.70. The highest BCUT2D eigenvalue weighted by Crippen LogP contribution is 2.31. The third-order valence-electron chi connectivity index (χ3n) is 4.57. The standard InChI is InChI=1S/C24H26N2O2S/c1-15(2)13-19-14-29-24(26-22(27)18-9-5-16(3)6-10-18)21(19)23(28)25-20-11-7-17(4)8-12-20/h5-12,14-15H,13H2,1-4H3,(H,25,28)(H,26,27). The van der Waals surface area contributed by atoms with E-state index in [2.05, 4.69) is 24.5 Å². The number of aryl methyl sites for hydroxylation is 2. The summed E-state index contributed by atoms with van der Waals surface area (Å²) < 4.78 is 0. The second kappa shape index (κ2) is 9.05. The average Bonchev–Trinajstić information content (AvgIpc) is 3.05. The van der Waals surface area contributed by atoms with Gasteiger partial charge in [-0.25, -0.2) is 0 Å². The van der Waals surface area contributed by atoms with Gasteiger partial charge in [-0.15, -0.1) is 11.3 Å². The zero-order valence-electron chi connectivity index (χ0n) is 17.2. The van der Waals surface area contributed by atoms with Crippen molar-refractivity contribution >= 4 is 33.8 Å². The van der Waals surface area contributed by atoms with Crippen LogP contribution in [0.4, 0.5) is 10.7 Å². The van der Waals surface area contributed by atoms with Crippen molar-refractivity contribution in [2.45, 2.75) is 34.1 Å². The van der Waals surface area contributed by atoms with Gasteiger partial charge in [-0.1, -0.05) is 49.2 Å². The minimum Gasteiger partial charge on any atom is -0.322 e. The molecule has 2 N–H and O–H groups in total. The van der Waals surface area contributed by atoms with Gasteiger partial charge in [0, 0.05) is 11.3 Å². The van der Waals surface area contributed by atoms with E-state index in [-0.39, 0.29) is 11.8 Å². The maximum Gasteiger partial charge on any atom is 0.258 e. The van der Waals surface area contributed by atoms with Gasteiger partial charge in [-0.3, -0.25) is 9.59 Å². The molecule has 0 aliphatic heterocycles. The van der Waals surface area contributed by atoms with Crippen LogP contribution in [0.3, 0.4) is 0 Å². The summed E-state index contributed by atoms with van der Waals surface area (Å²) in [4.78, 5) is 25.8. The fourth-order valence-corrected chi connectivity index (χ4v) is 4.00. The summed E-state index contributed by atoms with van der Waals surface area (Å²) in [5.74, 6) is -0.0199. The van der Waals surface area contributed by atoms with Gasteiger partial charge < -0.3 is 10.6 Å². The second-order valence-corrected chi connectivity index (χ2v) is 8.58. The third-order valence-corrected chi connectivity index (χ3v) is 5.52. The number of amides is 2. The first-order chi connectivity index (χ1) is 13.8. The first kappa shape index (κ1) is 20.8. The molecule has 0 spiro atoms. The molecular formula is C24H26N2O2S. The Kier molecular flexibility index (Phi) is 6.49. The molecule has 29 heavy (non-hydrogen) atoms. The zero-order chi connectivity index (χ0) is 21.0. The van der Waals surface area contributed by atoms with Crippen LogP contribution in [0.5, 0.6) is 0 Å². The monoisotopic (exact) mass is 406 g/mol. The average molecular weight is 407 g/mol. The Hall–Kier alpha value is -2.92. The van der Waals surface area contributed by atoms with E-state index in [0.29, 0.717) is 22.0 Å². The van der Waals surface area contributed by atoms with Crippen LogP contribution in [-0.4, -0.2) is 11.8 Å². The minimum atomic E-state index is -0.215. The zero-order valence-corrected chi connectivity index (χ0v) is 18.0. The Balaban J connectivity index is 1.87. The fraction of sp³-hybridized carbons (Fsp3) is 0.250. The molecule has 150 valence electrons. The van der Waals surface area contributed by atoms with Gasteiger partial charge in [0.25, 0.3) is 11.8 Å². The van der Waals surface area contributed by atoms with Crippen LogP contribution < -0.4 is 10.6 Å². The van der Waals surface area contributed by atoms with Crippen LogP contribution in [-0.2, 0) is 6.42 Å². The van der Waals surface area contributed by atoms with Gasteiger partial charge >= 0.3 is 0 Å².